The number of hydrogen-bond donors (Lipinski definition) is 2. The van der Waals surface area contributed by atoms with Crippen LogP contribution in [0, 0.1) is 51.2 Å². The number of carbonyl (C=O) groups excluding carboxylic acids is 2. The highest BCUT2D eigenvalue weighted by Gasteiger charge is 2.75. The number of rotatable bonds is 10. The number of aliphatic hydroxyl groups is 2. The molecule has 4 fully saturated rings. The fourth-order valence-electron chi connectivity index (χ4n) is 14.2. The van der Waals surface area contributed by atoms with Crippen LogP contribution in [0.15, 0.2) is 82.8 Å². The van der Waals surface area contributed by atoms with Gasteiger partial charge in [-0.1, -0.05) is 83.0 Å². The topological polar surface area (TPSA) is 109 Å². The minimum atomic E-state index is -4.89. The predicted molar refractivity (Wildman–Crippen MR) is 242 cm³/mol. The highest BCUT2D eigenvalue weighted by molar-refractivity contribution is 6.33. The summed E-state index contributed by atoms with van der Waals surface area (Å²) in [7, 11) is 0. The quantitative estimate of drug-likeness (QED) is 0.118. The molecule has 15 heteroatoms. The average molecular weight is 973 g/mol. The molecule has 2 spiro atoms. The van der Waals surface area contributed by atoms with Crippen LogP contribution in [0.3, 0.4) is 0 Å². The third-order valence-electron chi connectivity index (χ3n) is 17.8. The Kier molecular flexibility index (Phi) is 12.2. The lowest BCUT2D eigenvalue weighted by atomic mass is 9.32. The maximum Gasteiger partial charge on any atom is 0.573 e. The Hall–Kier alpha value is -4.27. The monoisotopic (exact) mass is 971 g/mol. The van der Waals surface area contributed by atoms with E-state index in [4.69, 9.17) is 20.8 Å². The van der Waals surface area contributed by atoms with Gasteiger partial charge in [0.2, 0.25) is 5.78 Å². The SMILES string of the molecule is CC(C)[C@H]1CC[C@H](C)C[C@@H]1OC(=O)N(Cc1ccc(OC(F)(F)F)cc1)C[C@]1(O)CC[C@H]2[C@]34C=C[C@@]5(C=C3C(=O)c3ccc(-c6cc(C(F)(F)F)ccc6Cl)o3)CC(O)CC[C@]5(C)[C@H]4CC[C@@]21C. The summed E-state index contributed by atoms with van der Waals surface area (Å²) in [6, 6.07) is 11.1. The van der Waals surface area contributed by atoms with Gasteiger partial charge in [-0.15, -0.1) is 13.2 Å². The van der Waals surface area contributed by atoms with Crippen molar-refractivity contribution in [2.24, 2.45) is 51.2 Å². The number of nitrogens with zero attached hydrogens (tertiary/aromatic N) is 1. The number of hydrogen-bond acceptors (Lipinski definition) is 7. The van der Waals surface area contributed by atoms with Gasteiger partial charge < -0.3 is 29.0 Å². The van der Waals surface area contributed by atoms with Crippen molar-refractivity contribution in [2.75, 3.05) is 6.54 Å². The Morgan fingerprint density at radius 2 is 1.59 bits per heavy atom. The number of alkyl halides is 6. The average Bonchev–Trinajstić information content (AvgIpc) is 3.85. The van der Waals surface area contributed by atoms with Crippen LogP contribution in [0.25, 0.3) is 11.3 Å². The summed E-state index contributed by atoms with van der Waals surface area (Å²) in [6.07, 6.45) is 1.26. The van der Waals surface area contributed by atoms with E-state index in [0.717, 1.165) is 31.0 Å². The second kappa shape index (κ2) is 17.0. The van der Waals surface area contributed by atoms with Gasteiger partial charge in [0.1, 0.15) is 17.6 Å². The lowest BCUT2D eigenvalue weighted by molar-refractivity contribution is -0.274. The van der Waals surface area contributed by atoms with Gasteiger partial charge in [0.05, 0.1) is 28.8 Å². The van der Waals surface area contributed by atoms with Crippen LogP contribution in [-0.2, 0) is 17.5 Å². The third kappa shape index (κ3) is 8.09. The number of furan rings is 1. The van der Waals surface area contributed by atoms with E-state index in [1.165, 1.54) is 41.3 Å². The lowest BCUT2D eigenvalue weighted by Gasteiger charge is -2.71. The largest absolute Gasteiger partial charge is 0.573 e. The summed E-state index contributed by atoms with van der Waals surface area (Å²) in [5.74, 6) is -0.707. The van der Waals surface area contributed by atoms with E-state index in [1.807, 2.05) is 13.0 Å². The molecule has 8 nitrogen and oxygen atoms in total. The molecule has 1 amide bonds. The van der Waals surface area contributed by atoms with Crippen molar-refractivity contribution in [1.29, 1.82) is 0 Å². The fraction of sp³-hybridized carbons (Fsp3) is 0.585. The number of aliphatic hydroxyl groups excluding tert-OH is 1. The Morgan fingerprint density at radius 3 is 2.28 bits per heavy atom. The summed E-state index contributed by atoms with van der Waals surface area (Å²) in [5, 5.41) is 24.5. The van der Waals surface area contributed by atoms with Crippen LogP contribution in [-0.4, -0.2) is 57.7 Å². The van der Waals surface area contributed by atoms with Gasteiger partial charge in [0.15, 0.2) is 5.76 Å². The zero-order chi connectivity index (χ0) is 49.0. The number of amides is 1. The summed E-state index contributed by atoms with van der Waals surface area (Å²) in [4.78, 5) is 31.4. The molecule has 68 heavy (non-hydrogen) atoms. The first-order valence-corrected chi connectivity index (χ1v) is 24.4. The molecule has 1 heterocycles. The molecule has 2 bridgehead atoms. The molecule has 0 radical (unpaired) electrons. The molecule has 0 saturated heterocycles. The van der Waals surface area contributed by atoms with E-state index in [0.29, 0.717) is 62.0 Å². The highest BCUT2D eigenvalue weighted by Crippen LogP contribution is 2.78. The molecule has 1 unspecified atom stereocenters. The van der Waals surface area contributed by atoms with E-state index in [9.17, 15) is 41.4 Å². The molecule has 7 aliphatic carbocycles. The normalized spacial score (nSPS) is 35.3. The van der Waals surface area contributed by atoms with Crippen molar-refractivity contribution in [1.82, 2.24) is 4.90 Å². The van der Waals surface area contributed by atoms with Crippen LogP contribution in [0.4, 0.5) is 31.1 Å². The van der Waals surface area contributed by atoms with Crippen LogP contribution in [0.2, 0.25) is 5.02 Å². The van der Waals surface area contributed by atoms with Gasteiger partial charge in [0.25, 0.3) is 0 Å². The first kappa shape index (κ1) is 48.7. The Bertz CT molecular complexity index is 2500. The van der Waals surface area contributed by atoms with Crippen molar-refractivity contribution in [3.8, 4) is 17.1 Å². The van der Waals surface area contributed by atoms with E-state index in [-0.39, 0.29) is 76.8 Å². The number of carbonyl (C=O) groups is 2. The first-order chi connectivity index (χ1) is 31.8. The summed E-state index contributed by atoms with van der Waals surface area (Å²) >= 11 is 6.41. The van der Waals surface area contributed by atoms with Gasteiger partial charge in [-0.05, 0) is 141 Å². The van der Waals surface area contributed by atoms with Crippen molar-refractivity contribution in [3.63, 3.8) is 0 Å². The number of ether oxygens (including phenoxy) is 2. The van der Waals surface area contributed by atoms with Crippen molar-refractivity contribution < 1.29 is 60.0 Å². The number of Topliss-reactive ketones (excluding diaryl/α,β-unsaturated/α-hetero) is 1. The molecule has 2 aromatic carbocycles. The minimum Gasteiger partial charge on any atom is -0.453 e. The van der Waals surface area contributed by atoms with Crippen molar-refractivity contribution >= 4 is 23.5 Å². The molecule has 10 rings (SSSR count). The summed E-state index contributed by atoms with van der Waals surface area (Å²) < 4.78 is 97.3. The molecule has 4 saturated carbocycles. The van der Waals surface area contributed by atoms with Gasteiger partial charge >= 0.3 is 18.6 Å². The number of allylic oxidation sites excluding steroid dienone is 4. The maximum atomic E-state index is 15.3. The van der Waals surface area contributed by atoms with Gasteiger partial charge in [-0.3, -0.25) is 4.79 Å². The Balaban J connectivity index is 1.08. The Labute approximate surface area is 398 Å². The first-order valence-electron chi connectivity index (χ1n) is 24.0. The van der Waals surface area contributed by atoms with E-state index >= 15 is 4.79 Å². The van der Waals surface area contributed by atoms with Gasteiger partial charge in [-0.25, -0.2) is 4.79 Å². The number of halogens is 7. The Morgan fingerprint density at radius 1 is 0.897 bits per heavy atom. The molecule has 11 atom stereocenters. The minimum absolute atomic E-state index is 0.00711. The number of benzene rings is 2. The zero-order valence-electron chi connectivity index (χ0n) is 39.0. The summed E-state index contributed by atoms with van der Waals surface area (Å²) in [5.41, 5.74) is -4.42. The molecular weight excluding hydrogens is 912 g/mol. The van der Waals surface area contributed by atoms with E-state index in [1.54, 1.807) is 0 Å². The van der Waals surface area contributed by atoms with Crippen LogP contribution < -0.4 is 4.74 Å². The van der Waals surface area contributed by atoms with Crippen molar-refractivity contribution in [2.45, 2.75) is 136 Å². The van der Waals surface area contributed by atoms with Gasteiger partial charge in [0, 0.05) is 33.9 Å². The fourth-order valence-corrected chi connectivity index (χ4v) is 14.4. The molecule has 0 aliphatic heterocycles. The van der Waals surface area contributed by atoms with Crippen LogP contribution in [0.5, 0.6) is 5.75 Å². The second-order valence-corrected chi connectivity index (χ2v) is 22.2. The smallest absolute Gasteiger partial charge is 0.453 e. The van der Waals surface area contributed by atoms with E-state index < -0.39 is 63.7 Å². The molecule has 3 aromatic rings. The molecule has 368 valence electrons. The number of ketones is 1. The third-order valence-corrected chi connectivity index (χ3v) is 18.1. The predicted octanol–water partition coefficient (Wildman–Crippen LogP) is 13.4. The zero-order valence-corrected chi connectivity index (χ0v) is 39.7. The standard InChI is InChI=1S/C53H60ClF6NO7/c1-30(2)36-12-6-31(3)24-42(36)67-46(64)61(28-32-7-10-35(11-8-32)68-53(58,59)60)29-50(65)21-18-44-48(50,5)20-17-43-47(4)19-16-34(62)26-49(47)22-23-51(43,44)38(27-49)45(63)41-15-14-40(66-41)37-25-33(52(55,56)57)9-13-39(37)54/h7-11,13-15,22-23,25,27,30-31,34,36,42-44,62,65H,6,12,16-21,24,26,28-29H2,1-5H3/t31-,34?,36+,42-,43+,44+,47+,48-,49-,50+,51+/m0/s1. The van der Waals surface area contributed by atoms with Crippen LogP contribution in [0.1, 0.15) is 121 Å². The van der Waals surface area contributed by atoms with Gasteiger partial charge in [-0.2, -0.15) is 13.2 Å². The van der Waals surface area contributed by atoms with Crippen LogP contribution >= 0.6 is 11.6 Å². The molecule has 1 aromatic heterocycles. The van der Waals surface area contributed by atoms with Crippen molar-refractivity contribution in [3.05, 3.63) is 100 Å². The maximum absolute atomic E-state index is 15.3. The molecule has 2 N–H and O–H groups in total. The molecular formula is C53H60ClF6NO7. The molecule has 7 aliphatic rings. The second-order valence-electron chi connectivity index (χ2n) is 21.8. The lowest BCUT2D eigenvalue weighted by Crippen LogP contribution is -2.67. The number of fused-ring (bicyclic) bond motifs is 1. The summed E-state index contributed by atoms with van der Waals surface area (Å²) in [6.45, 7) is 10.4. The highest BCUT2D eigenvalue weighted by atomic mass is 35.5. The van der Waals surface area contributed by atoms with E-state index in [2.05, 4.69) is 44.6 Å².